The van der Waals surface area contributed by atoms with Crippen LogP contribution in [-0.4, -0.2) is 45.4 Å². The number of halogens is 1. The van der Waals surface area contributed by atoms with Gasteiger partial charge in [-0.15, -0.1) is 0 Å². The molecule has 0 aliphatic carbocycles. The molecule has 0 radical (unpaired) electrons. The summed E-state index contributed by atoms with van der Waals surface area (Å²) in [5, 5.41) is 0. The smallest absolute Gasteiger partial charge is 0.254 e. The Hall–Kier alpha value is -3.61. The molecule has 1 aromatic carbocycles. The Morgan fingerprint density at radius 1 is 1.06 bits per heavy atom. The van der Waals surface area contributed by atoms with Crippen LogP contribution in [0.4, 0.5) is 10.3 Å². The zero-order valence-electron chi connectivity index (χ0n) is 17.4. The van der Waals surface area contributed by atoms with E-state index in [9.17, 15) is 9.18 Å². The monoisotopic (exact) mass is 415 g/mol. The van der Waals surface area contributed by atoms with Crippen LogP contribution in [0.25, 0.3) is 11.3 Å². The zero-order valence-corrected chi connectivity index (χ0v) is 17.4. The molecular weight excluding hydrogens is 393 g/mol. The summed E-state index contributed by atoms with van der Waals surface area (Å²) in [7, 11) is 0. The lowest BCUT2D eigenvalue weighted by molar-refractivity contribution is 0.0789. The first-order chi connectivity index (χ1) is 15.0. The van der Waals surface area contributed by atoms with E-state index in [2.05, 4.69) is 26.1 Å². The Labute approximate surface area is 180 Å². The van der Waals surface area contributed by atoms with Gasteiger partial charge >= 0.3 is 0 Å². The fourth-order valence-corrected chi connectivity index (χ4v) is 4.35. The van der Waals surface area contributed by atoms with Crippen LogP contribution in [0.5, 0.6) is 0 Å². The molecule has 1 fully saturated rings. The second-order valence-electron chi connectivity index (χ2n) is 8.09. The Balaban J connectivity index is 1.40. The molecular formula is C24H22FN5O. The second kappa shape index (κ2) is 7.58. The fourth-order valence-electron chi connectivity index (χ4n) is 4.35. The van der Waals surface area contributed by atoms with Crippen molar-refractivity contribution in [1.29, 1.82) is 0 Å². The molecule has 2 aliphatic heterocycles. The number of aryl methyl sites for hydroxylation is 2. The first kappa shape index (κ1) is 19.4. The van der Waals surface area contributed by atoms with E-state index in [1.165, 1.54) is 17.7 Å². The van der Waals surface area contributed by atoms with Crippen molar-refractivity contribution in [1.82, 2.24) is 19.9 Å². The highest BCUT2D eigenvalue weighted by Crippen LogP contribution is 2.33. The Morgan fingerprint density at radius 3 is 2.58 bits per heavy atom. The van der Waals surface area contributed by atoms with E-state index in [0.29, 0.717) is 35.9 Å². The minimum absolute atomic E-state index is 0.176. The van der Waals surface area contributed by atoms with Crippen molar-refractivity contribution in [3.05, 3.63) is 83.2 Å². The first-order valence-electron chi connectivity index (χ1n) is 10.3. The fraction of sp³-hybridized carbons (Fsp3) is 0.250. The predicted molar refractivity (Wildman–Crippen MR) is 116 cm³/mol. The van der Waals surface area contributed by atoms with Crippen molar-refractivity contribution in [3.8, 4) is 11.3 Å². The molecule has 0 N–H and O–H groups in total. The third-order valence-corrected chi connectivity index (χ3v) is 5.74. The van der Waals surface area contributed by atoms with Crippen LogP contribution >= 0.6 is 0 Å². The van der Waals surface area contributed by atoms with E-state index < -0.39 is 5.82 Å². The molecule has 31 heavy (non-hydrogen) atoms. The summed E-state index contributed by atoms with van der Waals surface area (Å²) in [5.41, 5.74) is 4.68. The molecule has 0 saturated carbocycles. The lowest BCUT2D eigenvalue weighted by atomic mass is 10.0. The Morgan fingerprint density at radius 2 is 1.87 bits per heavy atom. The number of anilines is 1. The highest BCUT2D eigenvalue weighted by molar-refractivity contribution is 6.01. The van der Waals surface area contributed by atoms with Crippen LogP contribution in [-0.2, 0) is 0 Å². The molecule has 1 amide bonds. The van der Waals surface area contributed by atoms with E-state index in [0.717, 1.165) is 17.9 Å². The summed E-state index contributed by atoms with van der Waals surface area (Å²) in [6, 6.07) is 11.7. The largest absolute Gasteiger partial charge is 0.334 e. The zero-order chi connectivity index (χ0) is 21.5. The minimum atomic E-state index is -0.431. The standard InChI is InChI=1S/C24H22FN5O/c1-15-9-16(2)28-24(27-15)30-13-17-11-29(12-18(17)14-30)23(31)21-10-19(25)6-7-20(21)22-5-3-4-8-26-22/h3-10,13,18H,11-12,14H2,1-2H3. The van der Waals surface area contributed by atoms with Crippen LogP contribution in [0.3, 0.4) is 0 Å². The lowest BCUT2D eigenvalue weighted by Crippen LogP contribution is -2.32. The Bertz CT molecular complexity index is 1170. The maximum absolute atomic E-state index is 14.0. The molecule has 156 valence electrons. The Kier molecular flexibility index (Phi) is 4.73. The highest BCUT2D eigenvalue weighted by Gasteiger charge is 2.37. The van der Waals surface area contributed by atoms with Crippen LogP contribution in [0.1, 0.15) is 21.7 Å². The number of amides is 1. The van der Waals surface area contributed by atoms with Gasteiger partial charge in [-0.25, -0.2) is 14.4 Å². The number of aromatic nitrogens is 3. The molecule has 2 aromatic heterocycles. The molecule has 0 bridgehead atoms. The minimum Gasteiger partial charge on any atom is -0.334 e. The number of carbonyl (C=O) groups excluding carboxylic acids is 1. The van der Waals surface area contributed by atoms with Gasteiger partial charge in [0.15, 0.2) is 0 Å². The quantitative estimate of drug-likeness (QED) is 0.652. The summed E-state index contributed by atoms with van der Waals surface area (Å²) >= 11 is 0. The molecule has 6 nitrogen and oxygen atoms in total. The maximum Gasteiger partial charge on any atom is 0.254 e. The number of hydrogen-bond acceptors (Lipinski definition) is 5. The molecule has 2 aliphatic rings. The molecule has 5 rings (SSSR count). The number of rotatable bonds is 3. The van der Waals surface area contributed by atoms with Gasteiger partial charge in [0.05, 0.1) is 11.3 Å². The van der Waals surface area contributed by atoms with Gasteiger partial charge in [-0.05, 0) is 55.8 Å². The average molecular weight is 415 g/mol. The van der Waals surface area contributed by atoms with Gasteiger partial charge in [0.1, 0.15) is 5.82 Å². The van der Waals surface area contributed by atoms with Crippen molar-refractivity contribution in [3.63, 3.8) is 0 Å². The third kappa shape index (κ3) is 3.67. The van der Waals surface area contributed by atoms with Crippen molar-refractivity contribution < 1.29 is 9.18 Å². The van der Waals surface area contributed by atoms with Crippen molar-refractivity contribution in [2.75, 3.05) is 24.5 Å². The number of carbonyl (C=O) groups is 1. The van der Waals surface area contributed by atoms with Gasteiger partial charge in [-0.1, -0.05) is 6.07 Å². The van der Waals surface area contributed by atoms with Crippen molar-refractivity contribution in [2.24, 2.45) is 5.92 Å². The molecule has 0 spiro atoms. The maximum atomic E-state index is 14.0. The topological polar surface area (TPSA) is 62.2 Å². The normalized spacial score (nSPS) is 17.6. The van der Waals surface area contributed by atoms with Crippen molar-refractivity contribution >= 4 is 11.9 Å². The summed E-state index contributed by atoms with van der Waals surface area (Å²) in [5.74, 6) is 0.310. The number of pyridine rings is 1. The van der Waals surface area contributed by atoms with Gasteiger partial charge in [0, 0.05) is 54.9 Å². The SMILES string of the molecule is Cc1cc(C)nc(N2C=C3CN(C(=O)c4cc(F)ccc4-c4ccccn4)CC3C2)n1. The number of benzene rings is 1. The number of nitrogens with zero attached hydrogens (tertiary/aromatic N) is 5. The molecule has 1 unspecified atom stereocenters. The molecule has 3 aromatic rings. The number of hydrogen-bond donors (Lipinski definition) is 0. The first-order valence-corrected chi connectivity index (χ1v) is 10.3. The van der Waals surface area contributed by atoms with Crippen LogP contribution in [0.15, 0.2) is 60.4 Å². The van der Waals surface area contributed by atoms with Gasteiger partial charge < -0.3 is 9.80 Å². The average Bonchev–Trinajstić information content (AvgIpc) is 3.32. The van der Waals surface area contributed by atoms with Gasteiger partial charge in [0.25, 0.3) is 5.91 Å². The molecule has 1 saturated heterocycles. The highest BCUT2D eigenvalue weighted by atomic mass is 19.1. The van der Waals surface area contributed by atoms with Crippen LogP contribution in [0, 0.1) is 25.6 Å². The van der Waals surface area contributed by atoms with Crippen LogP contribution in [0.2, 0.25) is 0 Å². The van der Waals surface area contributed by atoms with Gasteiger partial charge in [-0.3, -0.25) is 9.78 Å². The molecule has 4 heterocycles. The summed E-state index contributed by atoms with van der Waals surface area (Å²) < 4.78 is 14.0. The van der Waals surface area contributed by atoms with Crippen LogP contribution < -0.4 is 4.90 Å². The molecule has 7 heteroatoms. The van der Waals surface area contributed by atoms with E-state index in [1.807, 2.05) is 38.1 Å². The lowest BCUT2D eigenvalue weighted by Gasteiger charge is -2.21. The predicted octanol–water partition coefficient (Wildman–Crippen LogP) is 3.77. The molecule has 1 atom stereocenters. The van der Waals surface area contributed by atoms with Gasteiger partial charge in [-0.2, -0.15) is 0 Å². The summed E-state index contributed by atoms with van der Waals surface area (Å²) in [6.45, 7) is 5.76. The van der Waals surface area contributed by atoms with E-state index in [-0.39, 0.29) is 11.8 Å². The van der Waals surface area contributed by atoms with E-state index >= 15 is 0 Å². The number of likely N-dealkylation sites (tertiary alicyclic amines) is 1. The number of fused-ring (bicyclic) bond motifs is 1. The second-order valence-corrected chi connectivity index (χ2v) is 8.09. The van der Waals surface area contributed by atoms with Gasteiger partial charge in [0.2, 0.25) is 5.95 Å². The van der Waals surface area contributed by atoms with E-state index in [4.69, 9.17) is 0 Å². The van der Waals surface area contributed by atoms with E-state index in [1.54, 1.807) is 17.2 Å². The summed E-state index contributed by atoms with van der Waals surface area (Å²) in [6.07, 6.45) is 3.72. The van der Waals surface area contributed by atoms with Crippen molar-refractivity contribution in [2.45, 2.75) is 13.8 Å². The third-order valence-electron chi connectivity index (χ3n) is 5.74. The summed E-state index contributed by atoms with van der Waals surface area (Å²) in [4.78, 5) is 30.6.